The summed E-state index contributed by atoms with van der Waals surface area (Å²) in [7, 11) is 1.66. The largest absolute Gasteiger partial charge is 0.497 e. The first-order valence-electron chi connectivity index (χ1n) is 6.97. The Bertz CT molecular complexity index is 569. The molecule has 0 fully saturated rings. The first-order valence-corrected chi connectivity index (χ1v) is 7.37. The van der Waals surface area contributed by atoms with Crippen LogP contribution < -0.4 is 10.1 Å². The number of hydrogen-bond donors (Lipinski definition) is 1. The number of benzene rings is 2. The molecule has 0 radical (unpaired) electrons. The van der Waals surface area contributed by atoms with Crippen LogP contribution in [0, 0.1) is 0 Å². The summed E-state index contributed by atoms with van der Waals surface area (Å²) in [4.78, 5) is 2.13. The summed E-state index contributed by atoms with van der Waals surface area (Å²) >= 11 is 5.50. The van der Waals surface area contributed by atoms with Gasteiger partial charge in [0.2, 0.25) is 0 Å². The minimum atomic E-state index is 0.728. The van der Waals surface area contributed by atoms with E-state index in [1.807, 2.05) is 42.5 Å². The van der Waals surface area contributed by atoms with E-state index in [-0.39, 0.29) is 0 Å². The molecule has 0 aliphatic rings. The van der Waals surface area contributed by atoms with Crippen molar-refractivity contribution in [1.82, 2.24) is 4.90 Å². The van der Waals surface area contributed by atoms with Crippen molar-refractivity contribution in [3.63, 3.8) is 0 Å². The molecule has 0 heterocycles. The zero-order chi connectivity index (χ0) is 15.1. The lowest BCUT2D eigenvalue weighted by Gasteiger charge is -2.24. The Morgan fingerprint density at radius 3 is 2.33 bits per heavy atom. The van der Waals surface area contributed by atoms with Crippen LogP contribution in [0.2, 0.25) is 0 Å². The zero-order valence-corrected chi connectivity index (χ0v) is 13.2. The van der Waals surface area contributed by atoms with E-state index in [9.17, 15) is 0 Å². The molecule has 0 unspecified atom stereocenters. The molecule has 0 amide bonds. The topological polar surface area (TPSA) is 24.5 Å². The van der Waals surface area contributed by atoms with Gasteiger partial charge in [-0.15, -0.1) is 0 Å². The second kappa shape index (κ2) is 7.64. The van der Waals surface area contributed by atoms with E-state index in [1.165, 1.54) is 5.56 Å². The fourth-order valence-corrected chi connectivity index (χ4v) is 2.32. The number of rotatable bonds is 5. The van der Waals surface area contributed by atoms with E-state index >= 15 is 0 Å². The fourth-order valence-electron chi connectivity index (χ4n) is 2.01. The maximum Gasteiger partial charge on any atom is 0.173 e. The highest BCUT2D eigenvalue weighted by atomic mass is 32.1. The molecule has 3 nitrogen and oxygen atoms in total. The van der Waals surface area contributed by atoms with Gasteiger partial charge in [-0.3, -0.25) is 0 Å². The van der Waals surface area contributed by atoms with Crippen LogP contribution in [0.3, 0.4) is 0 Å². The van der Waals surface area contributed by atoms with Crippen LogP contribution in [0.4, 0.5) is 5.69 Å². The van der Waals surface area contributed by atoms with Crippen molar-refractivity contribution >= 4 is 23.0 Å². The third-order valence-electron chi connectivity index (χ3n) is 3.23. The van der Waals surface area contributed by atoms with Gasteiger partial charge in [-0.1, -0.05) is 30.3 Å². The van der Waals surface area contributed by atoms with Crippen LogP contribution in [0.25, 0.3) is 0 Å². The lowest BCUT2D eigenvalue weighted by molar-refractivity contribution is 0.415. The molecule has 0 atom stereocenters. The summed E-state index contributed by atoms with van der Waals surface area (Å²) in [5.41, 5.74) is 2.21. The van der Waals surface area contributed by atoms with Gasteiger partial charge in [0.25, 0.3) is 0 Å². The quantitative estimate of drug-likeness (QED) is 0.846. The fraction of sp³-hybridized carbons (Fsp3) is 0.235. The molecule has 0 aromatic heterocycles. The standard InChI is InChI=1S/C17H20N2OS/c1-3-19(13-14-7-5-4-6-8-14)17(21)18-15-9-11-16(20-2)12-10-15/h4-12H,3,13H2,1-2H3,(H,18,21). The van der Waals surface area contributed by atoms with Gasteiger partial charge in [-0.25, -0.2) is 0 Å². The van der Waals surface area contributed by atoms with Crippen LogP contribution in [-0.4, -0.2) is 23.7 Å². The van der Waals surface area contributed by atoms with Gasteiger partial charge in [0.1, 0.15) is 5.75 Å². The first kappa shape index (κ1) is 15.3. The SMILES string of the molecule is CCN(Cc1ccccc1)C(=S)Nc1ccc(OC)cc1. The number of anilines is 1. The zero-order valence-electron chi connectivity index (χ0n) is 12.4. The van der Waals surface area contributed by atoms with Crippen molar-refractivity contribution in [2.75, 3.05) is 19.0 Å². The summed E-state index contributed by atoms with van der Waals surface area (Å²) in [6.07, 6.45) is 0. The Morgan fingerprint density at radius 1 is 1.10 bits per heavy atom. The average Bonchev–Trinajstić information content (AvgIpc) is 2.54. The van der Waals surface area contributed by atoms with E-state index in [0.717, 1.165) is 29.6 Å². The number of nitrogens with zero attached hydrogens (tertiary/aromatic N) is 1. The molecule has 0 bridgehead atoms. The van der Waals surface area contributed by atoms with Gasteiger partial charge >= 0.3 is 0 Å². The highest BCUT2D eigenvalue weighted by Gasteiger charge is 2.08. The van der Waals surface area contributed by atoms with E-state index in [2.05, 4.69) is 29.3 Å². The third-order valence-corrected chi connectivity index (χ3v) is 3.59. The number of methoxy groups -OCH3 is 1. The van der Waals surface area contributed by atoms with Gasteiger partial charge in [0, 0.05) is 18.8 Å². The molecule has 1 N–H and O–H groups in total. The monoisotopic (exact) mass is 300 g/mol. The Hall–Kier alpha value is -2.07. The molecule has 21 heavy (non-hydrogen) atoms. The summed E-state index contributed by atoms with van der Waals surface area (Å²) < 4.78 is 5.15. The van der Waals surface area contributed by atoms with Crippen molar-refractivity contribution in [1.29, 1.82) is 0 Å². The number of ether oxygens (including phenoxy) is 1. The minimum absolute atomic E-state index is 0.728. The molecule has 0 saturated carbocycles. The predicted molar refractivity (Wildman–Crippen MR) is 91.7 cm³/mol. The molecule has 2 aromatic carbocycles. The van der Waals surface area contributed by atoms with Crippen LogP contribution in [0.1, 0.15) is 12.5 Å². The van der Waals surface area contributed by atoms with E-state index < -0.39 is 0 Å². The molecule has 110 valence electrons. The summed E-state index contributed by atoms with van der Waals surface area (Å²) in [5.74, 6) is 0.836. The molecule has 2 rings (SSSR count). The number of nitrogens with one attached hydrogen (secondary N) is 1. The second-order valence-electron chi connectivity index (χ2n) is 4.66. The maximum atomic E-state index is 5.50. The van der Waals surface area contributed by atoms with Gasteiger partial charge in [-0.2, -0.15) is 0 Å². The summed E-state index contributed by atoms with van der Waals surface area (Å²) in [5, 5.41) is 3.99. The molecular weight excluding hydrogens is 280 g/mol. The number of thiocarbonyl (C=S) groups is 1. The smallest absolute Gasteiger partial charge is 0.173 e. The average molecular weight is 300 g/mol. The number of hydrogen-bond acceptors (Lipinski definition) is 2. The van der Waals surface area contributed by atoms with Crippen molar-refractivity contribution in [2.45, 2.75) is 13.5 Å². The molecule has 0 saturated heterocycles. The Balaban J connectivity index is 1.99. The van der Waals surface area contributed by atoms with E-state index in [0.29, 0.717) is 0 Å². The molecule has 0 aliphatic heterocycles. The van der Waals surface area contributed by atoms with Gasteiger partial charge in [0.15, 0.2) is 5.11 Å². The van der Waals surface area contributed by atoms with Crippen LogP contribution >= 0.6 is 12.2 Å². The van der Waals surface area contributed by atoms with Crippen molar-refractivity contribution < 1.29 is 4.74 Å². The normalized spacial score (nSPS) is 10.0. The van der Waals surface area contributed by atoms with Crippen LogP contribution in [0.15, 0.2) is 54.6 Å². The van der Waals surface area contributed by atoms with Crippen molar-refractivity contribution in [3.8, 4) is 5.75 Å². The van der Waals surface area contributed by atoms with Gasteiger partial charge in [0.05, 0.1) is 7.11 Å². The van der Waals surface area contributed by atoms with Crippen LogP contribution in [-0.2, 0) is 6.54 Å². The third kappa shape index (κ3) is 4.46. The predicted octanol–water partition coefficient (Wildman–Crippen LogP) is 3.91. The maximum absolute atomic E-state index is 5.50. The Labute approximate surface area is 131 Å². The molecule has 0 spiro atoms. The van der Waals surface area contributed by atoms with Crippen LogP contribution in [0.5, 0.6) is 5.75 Å². The van der Waals surface area contributed by atoms with Gasteiger partial charge < -0.3 is 15.0 Å². The lowest BCUT2D eigenvalue weighted by Crippen LogP contribution is -2.34. The molecule has 2 aromatic rings. The Kier molecular flexibility index (Phi) is 5.58. The highest BCUT2D eigenvalue weighted by molar-refractivity contribution is 7.80. The van der Waals surface area contributed by atoms with Crippen molar-refractivity contribution in [2.24, 2.45) is 0 Å². The lowest BCUT2D eigenvalue weighted by atomic mass is 10.2. The summed E-state index contributed by atoms with van der Waals surface area (Å²) in [6, 6.07) is 18.1. The van der Waals surface area contributed by atoms with E-state index in [1.54, 1.807) is 7.11 Å². The first-order chi connectivity index (χ1) is 10.2. The molecule has 0 aliphatic carbocycles. The highest BCUT2D eigenvalue weighted by Crippen LogP contribution is 2.16. The Morgan fingerprint density at radius 2 is 1.76 bits per heavy atom. The molecule has 4 heteroatoms. The summed E-state index contributed by atoms with van der Waals surface area (Å²) in [6.45, 7) is 3.77. The minimum Gasteiger partial charge on any atom is -0.497 e. The molecular formula is C17H20N2OS. The van der Waals surface area contributed by atoms with Gasteiger partial charge in [-0.05, 0) is 49.0 Å². The second-order valence-corrected chi connectivity index (χ2v) is 5.05. The van der Waals surface area contributed by atoms with Crippen molar-refractivity contribution in [3.05, 3.63) is 60.2 Å². The van der Waals surface area contributed by atoms with E-state index in [4.69, 9.17) is 17.0 Å².